The highest BCUT2D eigenvalue weighted by molar-refractivity contribution is 6.27. The number of likely N-dealkylation sites (tertiary alicyclic amines) is 1. The molecule has 0 aromatic carbocycles. The van der Waals surface area contributed by atoms with Gasteiger partial charge in [0.05, 0.1) is 12.6 Å². The van der Waals surface area contributed by atoms with Crippen LogP contribution < -0.4 is 5.32 Å². The van der Waals surface area contributed by atoms with Gasteiger partial charge in [-0.3, -0.25) is 14.5 Å². The molecular weight excluding hydrogens is 292 g/mol. The fourth-order valence-corrected chi connectivity index (χ4v) is 2.02. The Balaban J connectivity index is 0.000000346. The van der Waals surface area contributed by atoms with Crippen molar-refractivity contribution >= 4 is 23.8 Å². The van der Waals surface area contributed by atoms with Gasteiger partial charge in [-0.1, -0.05) is 11.8 Å². The number of aliphatic carboxylic acids is 2. The third kappa shape index (κ3) is 5.93. The van der Waals surface area contributed by atoms with Gasteiger partial charge in [0.25, 0.3) is 0 Å². The lowest BCUT2D eigenvalue weighted by molar-refractivity contribution is -0.159. The van der Waals surface area contributed by atoms with E-state index in [4.69, 9.17) is 19.8 Å². The summed E-state index contributed by atoms with van der Waals surface area (Å²) in [6.45, 7) is 1.27. The fraction of sp³-hybridized carbons (Fsp3) is 0.571. The standard InChI is InChI=1S/C12H16N2O2.C2H2O4/c15-11-6-7-12(16)14(11)9-3-5-10-4-1-2-8-13-10;3-1(4)2(5)6/h10,13H,1-2,4,6-9H2;(H,3,4)(H,5,6)/t10-;/m0./s1. The summed E-state index contributed by atoms with van der Waals surface area (Å²) in [5.74, 6) is 2.19. The van der Waals surface area contributed by atoms with E-state index in [-0.39, 0.29) is 24.4 Å². The van der Waals surface area contributed by atoms with Crippen molar-refractivity contribution in [1.29, 1.82) is 0 Å². The molecule has 22 heavy (non-hydrogen) atoms. The molecule has 2 aliphatic rings. The van der Waals surface area contributed by atoms with Gasteiger partial charge in [0.15, 0.2) is 0 Å². The van der Waals surface area contributed by atoms with E-state index in [0.717, 1.165) is 13.0 Å². The summed E-state index contributed by atoms with van der Waals surface area (Å²) in [7, 11) is 0. The van der Waals surface area contributed by atoms with Crippen molar-refractivity contribution in [2.45, 2.75) is 38.1 Å². The third-order valence-electron chi connectivity index (χ3n) is 3.16. The highest BCUT2D eigenvalue weighted by atomic mass is 16.4. The Bertz CT molecular complexity index is 485. The lowest BCUT2D eigenvalue weighted by Crippen LogP contribution is -2.33. The molecular formula is C14H18N2O6. The molecule has 2 amide bonds. The second-order valence-electron chi connectivity index (χ2n) is 4.81. The lowest BCUT2D eigenvalue weighted by Gasteiger charge is -2.18. The van der Waals surface area contributed by atoms with Gasteiger partial charge in [0.1, 0.15) is 0 Å². The molecule has 0 aromatic rings. The van der Waals surface area contributed by atoms with E-state index in [0.29, 0.717) is 12.8 Å². The molecule has 0 unspecified atom stereocenters. The van der Waals surface area contributed by atoms with Crippen LogP contribution in [0.25, 0.3) is 0 Å². The van der Waals surface area contributed by atoms with Crippen LogP contribution in [0.1, 0.15) is 32.1 Å². The van der Waals surface area contributed by atoms with Crippen molar-refractivity contribution in [2.75, 3.05) is 13.1 Å². The molecule has 8 heteroatoms. The first-order valence-electron chi connectivity index (χ1n) is 6.93. The summed E-state index contributed by atoms with van der Waals surface area (Å²) in [5.41, 5.74) is 0. The zero-order valence-corrected chi connectivity index (χ0v) is 12.0. The summed E-state index contributed by atoms with van der Waals surface area (Å²) in [6.07, 6.45) is 4.18. The van der Waals surface area contributed by atoms with Crippen molar-refractivity contribution in [3.63, 3.8) is 0 Å². The molecule has 0 aliphatic carbocycles. The first kappa shape index (κ1) is 17.7. The van der Waals surface area contributed by atoms with Gasteiger partial charge >= 0.3 is 11.9 Å². The van der Waals surface area contributed by atoms with Gasteiger partial charge in [0.2, 0.25) is 11.8 Å². The molecule has 2 fully saturated rings. The summed E-state index contributed by atoms with van der Waals surface area (Å²) < 4.78 is 0. The Morgan fingerprint density at radius 2 is 1.73 bits per heavy atom. The van der Waals surface area contributed by atoms with E-state index in [2.05, 4.69) is 17.2 Å². The zero-order chi connectivity index (χ0) is 16.5. The number of amides is 2. The number of carboxylic acid groups (broad SMARTS) is 2. The first-order valence-corrected chi connectivity index (χ1v) is 6.93. The smallest absolute Gasteiger partial charge is 0.414 e. The Morgan fingerprint density at radius 1 is 1.14 bits per heavy atom. The number of imide groups is 1. The van der Waals surface area contributed by atoms with Crippen molar-refractivity contribution < 1.29 is 29.4 Å². The fourth-order valence-electron chi connectivity index (χ4n) is 2.02. The van der Waals surface area contributed by atoms with Crippen LogP contribution in [0.3, 0.4) is 0 Å². The maximum absolute atomic E-state index is 11.3. The van der Waals surface area contributed by atoms with E-state index in [9.17, 15) is 9.59 Å². The SMILES string of the molecule is O=C(O)C(=O)O.O=C1CCC(=O)N1CC#C[C@@H]1CCCCN1. The maximum atomic E-state index is 11.3. The monoisotopic (exact) mass is 310 g/mol. The highest BCUT2D eigenvalue weighted by Crippen LogP contribution is 2.10. The number of nitrogens with one attached hydrogen (secondary N) is 1. The van der Waals surface area contributed by atoms with E-state index in [1.807, 2.05) is 0 Å². The third-order valence-corrected chi connectivity index (χ3v) is 3.16. The topological polar surface area (TPSA) is 124 Å². The van der Waals surface area contributed by atoms with Gasteiger partial charge in [-0.15, -0.1) is 0 Å². The van der Waals surface area contributed by atoms with E-state index in [1.165, 1.54) is 17.7 Å². The van der Waals surface area contributed by atoms with Crippen LogP contribution in [0.15, 0.2) is 0 Å². The summed E-state index contributed by atoms with van der Waals surface area (Å²) in [4.78, 5) is 42.0. The Hall–Kier alpha value is -2.40. The van der Waals surface area contributed by atoms with Gasteiger partial charge in [-0.2, -0.15) is 0 Å². The minimum absolute atomic E-state index is 0.0871. The Morgan fingerprint density at radius 3 is 2.18 bits per heavy atom. The van der Waals surface area contributed by atoms with Crippen molar-refractivity contribution in [3.05, 3.63) is 0 Å². The predicted octanol–water partition coefficient (Wildman–Crippen LogP) is -0.563. The van der Waals surface area contributed by atoms with Crippen LogP contribution in [0.4, 0.5) is 0 Å². The average molecular weight is 310 g/mol. The molecule has 8 nitrogen and oxygen atoms in total. The molecule has 0 radical (unpaired) electrons. The van der Waals surface area contributed by atoms with E-state index < -0.39 is 11.9 Å². The average Bonchev–Trinajstić information content (AvgIpc) is 2.80. The maximum Gasteiger partial charge on any atom is 0.414 e. The number of carboxylic acids is 2. The Kier molecular flexibility index (Phi) is 7.05. The number of nitrogens with zero attached hydrogens (tertiary/aromatic N) is 1. The summed E-state index contributed by atoms with van der Waals surface area (Å²) in [6, 6.07) is 0.238. The minimum Gasteiger partial charge on any atom is -0.473 e. The number of hydrogen-bond acceptors (Lipinski definition) is 5. The van der Waals surface area contributed by atoms with Gasteiger partial charge in [-0.05, 0) is 25.8 Å². The summed E-state index contributed by atoms with van der Waals surface area (Å²) in [5, 5.41) is 18.1. The first-order chi connectivity index (χ1) is 10.4. The summed E-state index contributed by atoms with van der Waals surface area (Å²) >= 11 is 0. The van der Waals surface area contributed by atoms with Gasteiger partial charge < -0.3 is 15.5 Å². The molecule has 2 rings (SSSR count). The number of carbonyl (C=O) groups excluding carboxylic acids is 2. The minimum atomic E-state index is -1.82. The molecule has 3 N–H and O–H groups in total. The van der Waals surface area contributed by atoms with Crippen LogP contribution in [0, 0.1) is 11.8 Å². The van der Waals surface area contributed by atoms with Gasteiger partial charge in [0, 0.05) is 12.8 Å². The largest absolute Gasteiger partial charge is 0.473 e. The second kappa shape index (κ2) is 8.79. The molecule has 0 spiro atoms. The molecule has 0 saturated carbocycles. The van der Waals surface area contributed by atoms with Crippen molar-refractivity contribution in [1.82, 2.24) is 10.2 Å². The molecule has 1 atom stereocenters. The van der Waals surface area contributed by atoms with Crippen molar-refractivity contribution in [3.8, 4) is 11.8 Å². The number of piperidine rings is 1. The number of carbonyl (C=O) groups is 4. The van der Waals surface area contributed by atoms with Gasteiger partial charge in [-0.25, -0.2) is 9.59 Å². The van der Waals surface area contributed by atoms with Crippen molar-refractivity contribution in [2.24, 2.45) is 0 Å². The molecule has 0 bridgehead atoms. The molecule has 2 heterocycles. The van der Waals surface area contributed by atoms with Crippen LogP contribution in [0.2, 0.25) is 0 Å². The second-order valence-corrected chi connectivity index (χ2v) is 4.81. The van der Waals surface area contributed by atoms with Crippen LogP contribution in [-0.4, -0.2) is 58.0 Å². The lowest BCUT2D eigenvalue weighted by atomic mass is 10.1. The molecule has 0 aromatic heterocycles. The number of hydrogen-bond donors (Lipinski definition) is 3. The highest BCUT2D eigenvalue weighted by Gasteiger charge is 2.27. The number of rotatable bonds is 1. The normalized spacial score (nSPS) is 20.5. The predicted molar refractivity (Wildman–Crippen MR) is 74.6 cm³/mol. The van der Waals surface area contributed by atoms with Crippen LogP contribution in [-0.2, 0) is 19.2 Å². The van der Waals surface area contributed by atoms with E-state index >= 15 is 0 Å². The quantitative estimate of drug-likeness (QED) is 0.337. The van der Waals surface area contributed by atoms with Crippen LogP contribution in [0.5, 0.6) is 0 Å². The van der Waals surface area contributed by atoms with E-state index in [1.54, 1.807) is 0 Å². The molecule has 2 saturated heterocycles. The Labute approximate surface area is 127 Å². The molecule has 120 valence electrons. The zero-order valence-electron chi connectivity index (χ0n) is 12.0. The molecule has 2 aliphatic heterocycles. The van der Waals surface area contributed by atoms with Crippen LogP contribution >= 0.6 is 0 Å².